The third-order valence-electron chi connectivity index (χ3n) is 3.51. The van der Waals surface area contributed by atoms with E-state index in [2.05, 4.69) is 17.6 Å². The molecule has 0 saturated carbocycles. The largest absolute Gasteiger partial charge is 0.372 e. The molecule has 1 heterocycles. The van der Waals surface area contributed by atoms with E-state index in [1.807, 2.05) is 12.1 Å². The summed E-state index contributed by atoms with van der Waals surface area (Å²) in [4.78, 5) is 0. The normalized spacial score (nSPS) is 15.2. The van der Waals surface area contributed by atoms with Crippen LogP contribution in [-0.4, -0.2) is 0 Å². The van der Waals surface area contributed by atoms with Crippen molar-refractivity contribution in [1.29, 1.82) is 0 Å². The van der Waals surface area contributed by atoms with E-state index in [-0.39, 0.29) is 6.04 Å². The van der Waals surface area contributed by atoms with Gasteiger partial charge >= 0.3 is 0 Å². The minimum atomic E-state index is -0.202. The maximum Gasteiger partial charge on any atom is 0.0725 e. The third kappa shape index (κ3) is 2.55. The van der Waals surface area contributed by atoms with Crippen molar-refractivity contribution in [2.75, 3.05) is 0 Å². The van der Waals surface area contributed by atoms with Crippen LogP contribution in [0.15, 0.2) is 36.4 Å². The number of halogens is 2. The summed E-state index contributed by atoms with van der Waals surface area (Å²) >= 11 is 12.3. The Hall–Kier alpha value is -1.10. The molecule has 0 amide bonds. The molecule has 0 spiro atoms. The maximum absolute atomic E-state index is 6.26. The van der Waals surface area contributed by atoms with Crippen molar-refractivity contribution in [2.24, 2.45) is 5.84 Å². The van der Waals surface area contributed by atoms with Crippen LogP contribution in [0, 0.1) is 0 Å². The first kappa shape index (κ1) is 13.9. The molecule has 0 aliphatic carbocycles. The first-order chi connectivity index (χ1) is 9.69. The first-order valence-electron chi connectivity index (χ1n) is 6.29. The number of hydrazine groups is 1. The van der Waals surface area contributed by atoms with E-state index in [4.69, 9.17) is 33.8 Å². The Balaban J connectivity index is 2.03. The van der Waals surface area contributed by atoms with E-state index in [1.165, 1.54) is 11.1 Å². The Morgan fingerprint density at radius 3 is 2.65 bits per heavy atom. The lowest BCUT2D eigenvalue weighted by atomic mass is 9.96. The van der Waals surface area contributed by atoms with Gasteiger partial charge in [0.15, 0.2) is 0 Å². The zero-order valence-electron chi connectivity index (χ0n) is 10.7. The highest BCUT2D eigenvalue weighted by Crippen LogP contribution is 2.32. The molecule has 0 radical (unpaired) electrons. The standard InChI is InChI=1S/C15H14Cl2N2O/c16-12-3-4-14(17)13(6-12)15(19-18)9-1-2-10-7-20-8-11(10)5-9/h1-6,15,19H,7-8,18H2. The van der Waals surface area contributed by atoms with Crippen LogP contribution in [0.25, 0.3) is 0 Å². The molecule has 5 heteroatoms. The molecule has 3 N–H and O–H groups in total. The Morgan fingerprint density at radius 2 is 1.85 bits per heavy atom. The highest BCUT2D eigenvalue weighted by molar-refractivity contribution is 6.33. The van der Waals surface area contributed by atoms with Crippen LogP contribution in [0.3, 0.4) is 0 Å². The molecule has 1 aliphatic heterocycles. The SMILES string of the molecule is NNC(c1ccc2c(c1)COC2)c1cc(Cl)ccc1Cl. The molecule has 0 bridgehead atoms. The fourth-order valence-electron chi connectivity index (χ4n) is 2.47. The van der Waals surface area contributed by atoms with Crippen LogP contribution in [-0.2, 0) is 18.0 Å². The lowest BCUT2D eigenvalue weighted by molar-refractivity contribution is 0.134. The fraction of sp³-hybridized carbons (Fsp3) is 0.200. The predicted molar refractivity (Wildman–Crippen MR) is 80.6 cm³/mol. The van der Waals surface area contributed by atoms with Gasteiger partial charge in [0.05, 0.1) is 19.3 Å². The molecule has 0 aromatic heterocycles. The lowest BCUT2D eigenvalue weighted by Crippen LogP contribution is -2.29. The number of rotatable bonds is 3. The van der Waals surface area contributed by atoms with E-state index in [0.717, 1.165) is 11.1 Å². The zero-order valence-corrected chi connectivity index (χ0v) is 12.2. The molecule has 1 unspecified atom stereocenters. The number of hydrogen-bond donors (Lipinski definition) is 2. The highest BCUT2D eigenvalue weighted by Gasteiger charge is 2.19. The van der Waals surface area contributed by atoms with Gasteiger partial charge in [-0.2, -0.15) is 0 Å². The molecular weight excluding hydrogens is 295 g/mol. The van der Waals surface area contributed by atoms with Gasteiger partial charge in [-0.15, -0.1) is 0 Å². The van der Waals surface area contributed by atoms with Crippen molar-refractivity contribution in [1.82, 2.24) is 5.43 Å². The lowest BCUT2D eigenvalue weighted by Gasteiger charge is -2.19. The number of nitrogens with two attached hydrogens (primary N) is 1. The van der Waals surface area contributed by atoms with E-state index in [0.29, 0.717) is 23.3 Å². The van der Waals surface area contributed by atoms with Crippen molar-refractivity contribution in [3.8, 4) is 0 Å². The molecule has 20 heavy (non-hydrogen) atoms. The van der Waals surface area contributed by atoms with E-state index in [9.17, 15) is 0 Å². The van der Waals surface area contributed by atoms with Crippen LogP contribution < -0.4 is 11.3 Å². The first-order valence-corrected chi connectivity index (χ1v) is 7.05. The van der Waals surface area contributed by atoms with Gasteiger partial charge < -0.3 is 4.74 Å². The topological polar surface area (TPSA) is 47.3 Å². The summed E-state index contributed by atoms with van der Waals surface area (Å²) in [5, 5.41) is 1.27. The Bertz CT molecular complexity index is 646. The summed E-state index contributed by atoms with van der Waals surface area (Å²) in [6.45, 7) is 1.32. The summed E-state index contributed by atoms with van der Waals surface area (Å²) in [5.74, 6) is 5.72. The fourth-order valence-corrected chi connectivity index (χ4v) is 2.88. The number of ether oxygens (including phenoxy) is 1. The molecule has 104 valence electrons. The minimum Gasteiger partial charge on any atom is -0.372 e. The smallest absolute Gasteiger partial charge is 0.0725 e. The van der Waals surface area contributed by atoms with Gasteiger partial charge in [0.25, 0.3) is 0 Å². The zero-order chi connectivity index (χ0) is 14.1. The van der Waals surface area contributed by atoms with Gasteiger partial charge in [-0.05, 0) is 40.5 Å². The number of nitrogens with one attached hydrogen (secondary N) is 1. The molecule has 1 aliphatic rings. The van der Waals surface area contributed by atoms with Crippen molar-refractivity contribution in [3.05, 3.63) is 68.7 Å². The molecule has 2 aromatic rings. The molecule has 0 saturated heterocycles. The van der Waals surface area contributed by atoms with Crippen molar-refractivity contribution in [2.45, 2.75) is 19.3 Å². The Labute approximate surface area is 127 Å². The van der Waals surface area contributed by atoms with Gasteiger partial charge in [0.2, 0.25) is 0 Å². The summed E-state index contributed by atoms with van der Waals surface area (Å²) in [7, 11) is 0. The van der Waals surface area contributed by atoms with Gasteiger partial charge in [-0.25, -0.2) is 5.43 Å². The van der Waals surface area contributed by atoms with Gasteiger partial charge in [0.1, 0.15) is 0 Å². The van der Waals surface area contributed by atoms with Crippen LogP contribution >= 0.6 is 23.2 Å². The molecule has 2 aromatic carbocycles. The number of benzene rings is 2. The monoisotopic (exact) mass is 308 g/mol. The highest BCUT2D eigenvalue weighted by atomic mass is 35.5. The van der Waals surface area contributed by atoms with Gasteiger partial charge in [0, 0.05) is 10.0 Å². The molecular formula is C15H14Cl2N2O. The molecule has 0 fully saturated rings. The van der Waals surface area contributed by atoms with E-state index < -0.39 is 0 Å². The molecule has 3 rings (SSSR count). The second-order valence-electron chi connectivity index (χ2n) is 4.79. The summed E-state index contributed by atoms with van der Waals surface area (Å²) < 4.78 is 5.43. The average molecular weight is 309 g/mol. The van der Waals surface area contributed by atoms with Gasteiger partial charge in [-0.3, -0.25) is 5.84 Å². The molecule has 1 atom stereocenters. The van der Waals surface area contributed by atoms with Gasteiger partial charge in [-0.1, -0.05) is 41.4 Å². The molecule has 3 nitrogen and oxygen atoms in total. The van der Waals surface area contributed by atoms with Crippen LogP contribution in [0.4, 0.5) is 0 Å². The second kappa shape index (κ2) is 5.72. The maximum atomic E-state index is 6.26. The van der Waals surface area contributed by atoms with Crippen molar-refractivity contribution in [3.63, 3.8) is 0 Å². The summed E-state index contributed by atoms with van der Waals surface area (Å²) in [6, 6.07) is 11.4. The minimum absolute atomic E-state index is 0.202. The van der Waals surface area contributed by atoms with Crippen molar-refractivity contribution >= 4 is 23.2 Å². The summed E-state index contributed by atoms with van der Waals surface area (Å²) in [5.41, 5.74) is 7.13. The average Bonchev–Trinajstić information content (AvgIpc) is 2.91. The van der Waals surface area contributed by atoms with E-state index in [1.54, 1.807) is 12.1 Å². The number of fused-ring (bicyclic) bond motifs is 1. The third-order valence-corrected chi connectivity index (χ3v) is 4.09. The van der Waals surface area contributed by atoms with E-state index >= 15 is 0 Å². The predicted octanol–water partition coefficient (Wildman–Crippen LogP) is 3.58. The second-order valence-corrected chi connectivity index (χ2v) is 5.63. The van der Waals surface area contributed by atoms with Crippen LogP contribution in [0.5, 0.6) is 0 Å². The van der Waals surface area contributed by atoms with Crippen molar-refractivity contribution < 1.29 is 4.74 Å². The van der Waals surface area contributed by atoms with Crippen LogP contribution in [0.2, 0.25) is 10.0 Å². The van der Waals surface area contributed by atoms with Crippen LogP contribution in [0.1, 0.15) is 28.3 Å². The Morgan fingerprint density at radius 1 is 1.05 bits per heavy atom. The number of hydrogen-bond acceptors (Lipinski definition) is 3. The quantitative estimate of drug-likeness (QED) is 0.673. The Kier molecular flexibility index (Phi) is 3.96. The summed E-state index contributed by atoms with van der Waals surface area (Å²) in [6.07, 6.45) is 0.